The van der Waals surface area contributed by atoms with Crippen LogP contribution in [0, 0.1) is 16.0 Å². The summed E-state index contributed by atoms with van der Waals surface area (Å²) in [7, 11) is -0.354. The molecule has 0 unspecified atom stereocenters. The van der Waals surface area contributed by atoms with Crippen LogP contribution in [-0.4, -0.2) is 270 Å². The van der Waals surface area contributed by atoms with Crippen molar-refractivity contribution in [1.82, 2.24) is 57.1 Å². The normalized spacial score (nSPS) is 13.2. The number of nitrogens with zero attached hydrogens (tertiary/aromatic N) is 7. The number of nitro benzene ring substituents is 1. The molecule has 1 fully saturated rings. The number of carbonyl (C=O) groups excluding carboxylic acids is 9. The number of rotatable bonds is 62. The van der Waals surface area contributed by atoms with Gasteiger partial charge in [0.15, 0.2) is 5.75 Å². The molecule has 4 atom stereocenters. The van der Waals surface area contributed by atoms with Gasteiger partial charge in [-0.3, -0.25) is 58.2 Å². The Balaban J connectivity index is 0.881. The molecule has 1 aromatic heterocycles. The van der Waals surface area contributed by atoms with Gasteiger partial charge in [-0.1, -0.05) is 61.3 Å². The Morgan fingerprint density at radius 3 is 1.63 bits per heavy atom. The molecule has 2 heterocycles. The van der Waals surface area contributed by atoms with Crippen LogP contribution >= 0.6 is 23.2 Å². The van der Waals surface area contributed by atoms with Crippen molar-refractivity contribution in [3.05, 3.63) is 164 Å². The van der Waals surface area contributed by atoms with Crippen molar-refractivity contribution < 1.29 is 113 Å². The molecule has 13 N–H and O–H groups in total. The van der Waals surface area contributed by atoms with Crippen LogP contribution in [0.15, 0.2) is 143 Å². The monoisotopic (exact) mass is 1940 g/mol. The maximum Gasteiger partial charge on any atom is 0.417 e. The highest BCUT2D eigenvalue weighted by molar-refractivity contribution is 7.89. The molecule has 0 aliphatic carbocycles. The summed E-state index contributed by atoms with van der Waals surface area (Å²) in [5, 5.41) is 54.1. The summed E-state index contributed by atoms with van der Waals surface area (Å²) in [4.78, 5) is 153. The van der Waals surface area contributed by atoms with E-state index in [1.165, 1.54) is 60.7 Å². The molecule has 46 heteroatoms. The van der Waals surface area contributed by atoms with Crippen molar-refractivity contribution in [3.63, 3.8) is 0 Å². The number of amides is 9. The number of aliphatic carboxylic acids is 1. The van der Waals surface area contributed by atoms with Gasteiger partial charge in [0, 0.05) is 108 Å². The van der Waals surface area contributed by atoms with E-state index in [4.69, 9.17) is 62.1 Å². The Kier molecular flexibility index (Phi) is 47.7. The highest BCUT2D eigenvalue weighted by atomic mass is 35.5. The molecule has 1 aliphatic heterocycles. The third kappa shape index (κ3) is 40.6. The van der Waals surface area contributed by atoms with Crippen LogP contribution in [0.25, 0.3) is 0 Å². The van der Waals surface area contributed by atoms with Gasteiger partial charge >= 0.3 is 12.1 Å². The van der Waals surface area contributed by atoms with Gasteiger partial charge in [0.05, 0.1) is 91.9 Å². The number of anilines is 3. The number of nitro groups is 1. The van der Waals surface area contributed by atoms with Crippen LogP contribution < -0.4 is 72.8 Å². The highest BCUT2D eigenvalue weighted by Crippen LogP contribution is 2.37. The van der Waals surface area contributed by atoms with Crippen molar-refractivity contribution in [1.29, 1.82) is 0 Å². The SMILES string of the molecule is CC(C)[C@@H](NS(=O)(=O)c1ccc(N=Nc2ccc(N(C)C)cc2)cc1)C(=O)NCCOCCOCC(=O)N[C@H](CCCCNC(=O)[C@@H](CCCCNC(=O)CC(=O)Nc1ccccc1Oc1ncc(C(F)(F)F)cc1Cl)NC(=O)COCCOCCNC(=O)c1ccc(N2CCN(Cc3ccc(Cl)cc3)CC2)c([N+](=O)[O-])c1)C(=O)NCCOCCOCC(=O)N[C@H](CCCCN)C(=O)O. The summed E-state index contributed by atoms with van der Waals surface area (Å²) in [6, 6.07) is 26.8. The van der Waals surface area contributed by atoms with Crippen molar-refractivity contribution in [2.24, 2.45) is 21.9 Å². The van der Waals surface area contributed by atoms with Crippen molar-refractivity contribution in [2.75, 3.05) is 174 Å². The number of carboxylic acid groups (broad SMARTS) is 1. The second-order valence-electron chi connectivity index (χ2n) is 31.1. The lowest BCUT2D eigenvalue weighted by atomic mass is 10.1. The first kappa shape index (κ1) is 109. The van der Waals surface area contributed by atoms with E-state index in [1.54, 1.807) is 32.0 Å². The predicted octanol–water partition coefficient (Wildman–Crippen LogP) is 7.25. The molecule has 5 aromatic carbocycles. The van der Waals surface area contributed by atoms with Crippen molar-refractivity contribution in [3.8, 4) is 11.6 Å². The fourth-order valence-electron chi connectivity index (χ4n) is 13.0. The zero-order chi connectivity index (χ0) is 97.4. The van der Waals surface area contributed by atoms with Gasteiger partial charge in [0.1, 0.15) is 61.1 Å². The lowest BCUT2D eigenvalue weighted by molar-refractivity contribution is -0.384. The van der Waals surface area contributed by atoms with E-state index in [-0.39, 0.29) is 171 Å². The number of alkyl halides is 3. The second-order valence-corrected chi connectivity index (χ2v) is 33.6. The van der Waals surface area contributed by atoms with E-state index < -0.39 is 147 Å². The van der Waals surface area contributed by atoms with Gasteiger partial charge in [-0.2, -0.15) is 28.1 Å². The number of para-hydroxylation sites is 2. The number of sulfonamides is 1. The molecule has 0 radical (unpaired) electrons. The number of azo groups is 1. The molecule has 0 bridgehead atoms. The number of piperazine rings is 1. The third-order valence-electron chi connectivity index (χ3n) is 20.1. The molecule has 1 aliphatic rings. The molecular weight excluding hydrogens is 1820 g/mol. The Hall–Kier alpha value is -11.7. The van der Waals surface area contributed by atoms with E-state index >= 15 is 0 Å². The van der Waals surface area contributed by atoms with Crippen LogP contribution in [-0.2, 0) is 94.3 Å². The fourth-order valence-corrected chi connectivity index (χ4v) is 14.6. The van der Waals surface area contributed by atoms with Crippen molar-refractivity contribution in [2.45, 2.75) is 120 Å². The van der Waals surface area contributed by atoms with Crippen LogP contribution in [0.1, 0.15) is 99.5 Å². The summed E-state index contributed by atoms with van der Waals surface area (Å²) < 4.78 is 108. The summed E-state index contributed by atoms with van der Waals surface area (Å²) in [5.74, 6) is -8.07. The van der Waals surface area contributed by atoms with Gasteiger partial charge in [-0.25, -0.2) is 18.2 Å². The number of aromatic nitrogens is 1. The van der Waals surface area contributed by atoms with Gasteiger partial charge in [0.25, 0.3) is 11.6 Å². The van der Waals surface area contributed by atoms with Crippen LogP contribution in [0.3, 0.4) is 0 Å². The number of carboxylic acids is 1. The third-order valence-corrected chi connectivity index (χ3v) is 22.1. The first-order chi connectivity index (χ1) is 64.2. The van der Waals surface area contributed by atoms with Crippen LogP contribution in [0.5, 0.6) is 11.6 Å². The maximum atomic E-state index is 14.0. The summed E-state index contributed by atoms with van der Waals surface area (Å²) >= 11 is 12.1. The lowest BCUT2D eigenvalue weighted by Crippen LogP contribution is -2.50. The minimum Gasteiger partial charge on any atom is -0.480 e. The summed E-state index contributed by atoms with van der Waals surface area (Å²) in [5.41, 5.74) is 7.74. The minimum absolute atomic E-state index is 0.00290. The Morgan fingerprint density at radius 1 is 0.590 bits per heavy atom. The number of ether oxygens (including phenoxy) is 7. The quantitative estimate of drug-likeness (QED) is 0.00588. The fraction of sp³-hybridized carbons (Fsp3) is 0.489. The van der Waals surface area contributed by atoms with E-state index in [0.717, 1.165) is 11.3 Å². The summed E-state index contributed by atoms with van der Waals surface area (Å²) in [6.45, 7) is 4.79. The van der Waals surface area contributed by atoms with E-state index in [0.29, 0.717) is 86.5 Å². The van der Waals surface area contributed by atoms with E-state index in [2.05, 4.69) is 72.7 Å². The number of benzene rings is 5. The number of hydrogen-bond donors (Lipinski definition) is 12. The Labute approximate surface area is 784 Å². The predicted molar refractivity (Wildman–Crippen MR) is 490 cm³/mol. The first-order valence-corrected chi connectivity index (χ1v) is 45.7. The molecule has 40 nitrogen and oxygen atoms in total. The molecular formula is C88H117Cl2F3N18O22S. The summed E-state index contributed by atoms with van der Waals surface area (Å²) in [6.07, 6.45) is -2.65. The smallest absolute Gasteiger partial charge is 0.417 e. The molecule has 7 rings (SSSR count). The van der Waals surface area contributed by atoms with Crippen LogP contribution in [0.2, 0.25) is 10.0 Å². The number of hydrogen-bond acceptors (Lipinski definition) is 28. The van der Waals surface area contributed by atoms with Gasteiger partial charge in [-0.05, 0) is 167 Å². The molecule has 9 amide bonds. The number of nitrogens with two attached hydrogens (primary N) is 1. The largest absolute Gasteiger partial charge is 0.480 e. The molecule has 1 saturated heterocycles. The number of pyridine rings is 1. The van der Waals surface area contributed by atoms with Gasteiger partial charge in [-0.15, -0.1) is 0 Å². The van der Waals surface area contributed by atoms with E-state index in [1.807, 2.05) is 60.3 Å². The van der Waals surface area contributed by atoms with E-state index in [9.17, 15) is 84.8 Å². The van der Waals surface area contributed by atoms with Crippen LogP contribution in [0.4, 0.5) is 47.3 Å². The maximum absolute atomic E-state index is 14.0. The molecule has 6 aromatic rings. The average Bonchev–Trinajstić information content (AvgIpc) is 0.775. The molecule has 0 saturated carbocycles. The highest BCUT2D eigenvalue weighted by Gasteiger charge is 2.34. The molecule has 732 valence electrons. The van der Waals surface area contributed by atoms with Gasteiger partial charge < -0.3 is 102 Å². The number of unbranched alkanes of at least 4 members (excludes halogenated alkanes) is 3. The zero-order valence-electron chi connectivity index (χ0n) is 74.9. The first-order valence-electron chi connectivity index (χ1n) is 43.4. The topological polar surface area (TPSA) is 526 Å². The van der Waals surface area contributed by atoms with Crippen molar-refractivity contribution >= 4 is 126 Å². The molecule has 0 spiro atoms. The number of carbonyl (C=O) groups is 10. The Bertz CT molecular complexity index is 4940. The standard InChI is InChI=1S/C88H117Cl2F3N18O22S/c1-59(2)81(107-134(125,126)67-29-25-65(26-30-67)106-105-64-23-27-66(28-24-64)108(3)4)85(120)99-37-44-129-47-49-131-57-79(115)103-71(84(119)98-36-43-128-46-50-132-58-80(116)104-72(87(121)122)16-7-10-32-94)15-9-12-34-96-83(118)70(14-8-11-33-95-76(112)53-77(113)101-69-13-5-6-17-75(69)133-86-68(90)52-62(54-100-86)88(91,92)93)102-78(114)56-130-48-45-127-42-35-97-82(117)61-20-31-73(74(51-61)111(123)124)110-40-38-109(39-41-110)55-60-18-21-63(89)22-19-60/h5-6,13,17-31,51-52,54,59,70-72,81,107H,7-12,14-16,32-50,53,55-58,94H2,1-4H3,(H,95,112)(H,96,118)(H,97,117)(H,98,119)(H,99,120)(H,101,113)(H,102,114)(H,103,115)(H,104,116)(H,121,122)/t70-,71-,72-,81-/m1/s1. The number of nitrogens with one attached hydrogen (secondary N) is 10. The molecule has 134 heavy (non-hydrogen) atoms. The zero-order valence-corrected chi connectivity index (χ0v) is 77.2. The van der Waals surface area contributed by atoms with Gasteiger partial charge in [0.2, 0.25) is 63.2 Å². The average molecular weight is 1940 g/mol. The Morgan fingerprint density at radius 2 is 1.10 bits per heavy atom. The minimum atomic E-state index is -4.73. The second kappa shape index (κ2) is 58.5. The lowest BCUT2D eigenvalue weighted by Gasteiger charge is -2.35. The number of halogens is 5.